The molecule has 1 amide bonds. The lowest BCUT2D eigenvalue weighted by Crippen LogP contribution is -2.38. The van der Waals surface area contributed by atoms with E-state index in [1.807, 2.05) is 0 Å². The van der Waals surface area contributed by atoms with Crippen molar-refractivity contribution in [2.75, 3.05) is 0 Å². The fourth-order valence-corrected chi connectivity index (χ4v) is 1.62. The molecule has 0 fully saturated rings. The van der Waals surface area contributed by atoms with Crippen molar-refractivity contribution >= 4 is 11.9 Å². The highest BCUT2D eigenvalue weighted by Gasteiger charge is 2.19. The van der Waals surface area contributed by atoms with E-state index in [2.05, 4.69) is 5.32 Å². The molecule has 0 aliphatic carbocycles. The number of ether oxygens (including phenoxy) is 1. The molecule has 0 aliphatic rings. The van der Waals surface area contributed by atoms with Gasteiger partial charge < -0.3 is 10.1 Å². The van der Waals surface area contributed by atoms with Crippen LogP contribution in [0.4, 0.5) is 9.18 Å². The van der Waals surface area contributed by atoms with Gasteiger partial charge in [0.1, 0.15) is 11.4 Å². The monoisotopic (exact) mass is 281 g/mol. The Morgan fingerprint density at radius 2 is 2.00 bits per heavy atom. The molecule has 0 bridgehead atoms. The minimum absolute atomic E-state index is 0.0860. The molecule has 0 aromatic heterocycles. The van der Waals surface area contributed by atoms with Crippen molar-refractivity contribution in [2.45, 2.75) is 45.8 Å². The summed E-state index contributed by atoms with van der Waals surface area (Å²) < 4.78 is 18.1. The fourth-order valence-electron chi connectivity index (χ4n) is 1.62. The first-order valence-electron chi connectivity index (χ1n) is 6.45. The van der Waals surface area contributed by atoms with Crippen LogP contribution in [0.5, 0.6) is 0 Å². The number of ketones is 1. The Kier molecular flexibility index (Phi) is 5.25. The van der Waals surface area contributed by atoms with E-state index < -0.39 is 17.5 Å². The zero-order valence-corrected chi connectivity index (χ0v) is 12.2. The molecule has 1 atom stereocenters. The van der Waals surface area contributed by atoms with Crippen molar-refractivity contribution in [3.63, 3.8) is 0 Å². The van der Waals surface area contributed by atoms with Crippen LogP contribution >= 0.6 is 0 Å². The van der Waals surface area contributed by atoms with Crippen LogP contribution in [0.2, 0.25) is 0 Å². The van der Waals surface area contributed by atoms with E-state index in [1.165, 1.54) is 18.2 Å². The number of rotatable bonds is 4. The van der Waals surface area contributed by atoms with Gasteiger partial charge in [-0.15, -0.1) is 0 Å². The van der Waals surface area contributed by atoms with Crippen molar-refractivity contribution in [3.05, 3.63) is 35.6 Å². The van der Waals surface area contributed by atoms with Crippen molar-refractivity contribution in [3.8, 4) is 0 Å². The molecular formula is C15H20FNO3. The summed E-state index contributed by atoms with van der Waals surface area (Å²) in [5.74, 6) is -0.684. The van der Waals surface area contributed by atoms with Crippen molar-refractivity contribution in [1.29, 1.82) is 0 Å². The van der Waals surface area contributed by atoms with Gasteiger partial charge >= 0.3 is 6.09 Å². The Morgan fingerprint density at radius 1 is 1.35 bits per heavy atom. The Hall–Kier alpha value is -1.91. The third-order valence-electron chi connectivity index (χ3n) is 2.40. The number of halogens is 1. The minimum atomic E-state index is -0.587. The third kappa shape index (κ3) is 5.82. The predicted molar refractivity (Wildman–Crippen MR) is 74.2 cm³/mol. The van der Waals surface area contributed by atoms with Gasteiger partial charge in [-0.05, 0) is 39.8 Å². The molecule has 110 valence electrons. The van der Waals surface area contributed by atoms with Crippen LogP contribution in [-0.2, 0) is 4.74 Å². The second-order valence-electron chi connectivity index (χ2n) is 5.68. The SMILES string of the molecule is CC(CC(=O)c1cccc(F)c1)NC(=O)OC(C)(C)C. The maximum absolute atomic E-state index is 13.0. The van der Waals surface area contributed by atoms with Gasteiger partial charge in [-0.3, -0.25) is 4.79 Å². The standard InChI is InChI=1S/C15H20FNO3/c1-10(17-14(19)20-15(2,3)4)8-13(18)11-6-5-7-12(16)9-11/h5-7,9-10H,8H2,1-4H3,(H,17,19). The number of hydrogen-bond acceptors (Lipinski definition) is 3. The first-order chi connectivity index (χ1) is 9.17. The molecule has 5 heteroatoms. The third-order valence-corrected chi connectivity index (χ3v) is 2.40. The van der Waals surface area contributed by atoms with Crippen LogP contribution in [0.3, 0.4) is 0 Å². The maximum atomic E-state index is 13.0. The molecule has 4 nitrogen and oxygen atoms in total. The van der Waals surface area contributed by atoms with Gasteiger partial charge in [-0.2, -0.15) is 0 Å². The number of carbonyl (C=O) groups is 2. The van der Waals surface area contributed by atoms with E-state index in [1.54, 1.807) is 33.8 Å². The maximum Gasteiger partial charge on any atom is 0.407 e. The smallest absolute Gasteiger partial charge is 0.407 e. The Balaban J connectivity index is 2.52. The van der Waals surface area contributed by atoms with E-state index in [0.29, 0.717) is 5.56 Å². The van der Waals surface area contributed by atoms with E-state index in [4.69, 9.17) is 4.74 Å². The molecule has 0 aliphatic heterocycles. The van der Waals surface area contributed by atoms with Gasteiger partial charge in [0.2, 0.25) is 0 Å². The highest BCUT2D eigenvalue weighted by molar-refractivity contribution is 5.96. The van der Waals surface area contributed by atoms with Crippen LogP contribution in [0.15, 0.2) is 24.3 Å². The van der Waals surface area contributed by atoms with E-state index in [-0.39, 0.29) is 18.2 Å². The minimum Gasteiger partial charge on any atom is -0.444 e. The summed E-state index contributed by atoms with van der Waals surface area (Å²) in [6.45, 7) is 6.97. The molecule has 0 heterocycles. The molecule has 0 saturated carbocycles. The van der Waals surface area contributed by atoms with Crippen molar-refractivity contribution in [1.82, 2.24) is 5.32 Å². The molecule has 0 radical (unpaired) electrons. The van der Waals surface area contributed by atoms with Gasteiger partial charge in [0.25, 0.3) is 0 Å². The lowest BCUT2D eigenvalue weighted by Gasteiger charge is -2.21. The topological polar surface area (TPSA) is 55.4 Å². The average Bonchev–Trinajstić information content (AvgIpc) is 2.25. The van der Waals surface area contributed by atoms with Gasteiger partial charge in [0.05, 0.1) is 0 Å². The van der Waals surface area contributed by atoms with E-state index >= 15 is 0 Å². The number of carbonyl (C=O) groups excluding carboxylic acids is 2. The largest absolute Gasteiger partial charge is 0.444 e. The quantitative estimate of drug-likeness (QED) is 0.861. The van der Waals surface area contributed by atoms with Crippen molar-refractivity contribution < 1.29 is 18.7 Å². The van der Waals surface area contributed by atoms with Gasteiger partial charge in [0, 0.05) is 18.0 Å². The molecular weight excluding hydrogens is 261 g/mol. The van der Waals surface area contributed by atoms with Gasteiger partial charge in [-0.25, -0.2) is 9.18 Å². The summed E-state index contributed by atoms with van der Waals surface area (Å²) in [4.78, 5) is 23.5. The molecule has 0 saturated heterocycles. The Morgan fingerprint density at radius 3 is 2.55 bits per heavy atom. The Bertz CT molecular complexity index is 494. The van der Waals surface area contributed by atoms with E-state index in [0.717, 1.165) is 0 Å². The molecule has 1 aromatic rings. The zero-order valence-electron chi connectivity index (χ0n) is 12.2. The number of amides is 1. The number of Topliss-reactive ketones (excluding diaryl/α,β-unsaturated/α-hetero) is 1. The van der Waals surface area contributed by atoms with Crippen LogP contribution in [-0.4, -0.2) is 23.5 Å². The first kappa shape index (κ1) is 16.1. The predicted octanol–water partition coefficient (Wildman–Crippen LogP) is 3.31. The number of nitrogens with one attached hydrogen (secondary N) is 1. The molecule has 0 spiro atoms. The molecule has 1 N–H and O–H groups in total. The summed E-state index contributed by atoms with van der Waals surface area (Å²) in [5.41, 5.74) is -0.293. The van der Waals surface area contributed by atoms with E-state index in [9.17, 15) is 14.0 Å². The lowest BCUT2D eigenvalue weighted by molar-refractivity contribution is 0.0506. The summed E-state index contributed by atoms with van der Waals surface area (Å²) in [6.07, 6.45) is -0.486. The Labute approximate surface area is 118 Å². The summed E-state index contributed by atoms with van der Waals surface area (Å²) in [6, 6.07) is 5.10. The second kappa shape index (κ2) is 6.50. The second-order valence-corrected chi connectivity index (χ2v) is 5.68. The van der Waals surface area contributed by atoms with Gasteiger partial charge in [-0.1, -0.05) is 12.1 Å². The zero-order chi connectivity index (χ0) is 15.3. The molecule has 20 heavy (non-hydrogen) atoms. The van der Waals surface area contributed by atoms with Crippen LogP contribution in [0.1, 0.15) is 44.5 Å². The lowest BCUT2D eigenvalue weighted by atomic mass is 10.0. The summed E-state index contributed by atoms with van der Waals surface area (Å²) in [7, 11) is 0. The number of alkyl carbamates (subject to hydrolysis) is 1. The van der Waals surface area contributed by atoms with Crippen LogP contribution < -0.4 is 5.32 Å². The fraction of sp³-hybridized carbons (Fsp3) is 0.467. The molecule has 1 rings (SSSR count). The molecule has 1 aromatic carbocycles. The highest BCUT2D eigenvalue weighted by Crippen LogP contribution is 2.10. The summed E-state index contributed by atoms with van der Waals surface area (Å²) in [5, 5.41) is 2.58. The first-order valence-corrected chi connectivity index (χ1v) is 6.45. The number of hydrogen-bond donors (Lipinski definition) is 1. The van der Waals surface area contributed by atoms with Crippen LogP contribution in [0, 0.1) is 5.82 Å². The number of benzene rings is 1. The summed E-state index contributed by atoms with van der Waals surface area (Å²) >= 11 is 0. The highest BCUT2D eigenvalue weighted by atomic mass is 19.1. The van der Waals surface area contributed by atoms with Crippen molar-refractivity contribution in [2.24, 2.45) is 0 Å². The molecule has 1 unspecified atom stereocenters. The van der Waals surface area contributed by atoms with Crippen LogP contribution in [0.25, 0.3) is 0 Å². The average molecular weight is 281 g/mol. The normalized spacial score (nSPS) is 12.7. The van der Waals surface area contributed by atoms with Gasteiger partial charge in [0.15, 0.2) is 5.78 Å².